The number of aromatic nitrogens is 2. The lowest BCUT2D eigenvalue weighted by atomic mass is 10.0. The van der Waals surface area contributed by atoms with E-state index in [2.05, 4.69) is 15.5 Å². The van der Waals surface area contributed by atoms with Gasteiger partial charge in [0.1, 0.15) is 5.75 Å². The Morgan fingerprint density at radius 3 is 2.74 bits per heavy atom. The third-order valence-corrected chi connectivity index (χ3v) is 4.50. The van der Waals surface area contributed by atoms with Crippen LogP contribution in [-0.2, 0) is 6.42 Å². The van der Waals surface area contributed by atoms with Gasteiger partial charge in [-0.15, -0.1) is 0 Å². The number of aromatic amines is 1. The summed E-state index contributed by atoms with van der Waals surface area (Å²) in [7, 11) is 1.54. The summed E-state index contributed by atoms with van der Waals surface area (Å²) in [5, 5.41) is 19.8. The van der Waals surface area contributed by atoms with E-state index in [1.54, 1.807) is 18.2 Å². The number of carbonyl (C=O) groups excluding carboxylic acids is 1. The maximum absolute atomic E-state index is 12.7. The molecule has 7 heteroatoms. The molecule has 27 heavy (non-hydrogen) atoms. The van der Waals surface area contributed by atoms with Crippen LogP contribution in [-0.4, -0.2) is 41.0 Å². The molecule has 3 rings (SSSR count). The Morgan fingerprint density at radius 1 is 1.30 bits per heavy atom. The van der Waals surface area contributed by atoms with Crippen molar-refractivity contribution in [3.05, 3.63) is 70.9 Å². The van der Waals surface area contributed by atoms with Crippen LogP contribution >= 0.6 is 11.6 Å². The Hall–Kier alpha value is -2.83. The molecule has 1 aromatic heterocycles. The minimum Gasteiger partial charge on any atom is -0.495 e. The van der Waals surface area contributed by atoms with Gasteiger partial charge in [-0.3, -0.25) is 9.89 Å². The lowest BCUT2D eigenvalue weighted by molar-refractivity contribution is 0.0917. The molecule has 1 unspecified atom stereocenters. The van der Waals surface area contributed by atoms with Gasteiger partial charge in [0.15, 0.2) is 0 Å². The summed E-state index contributed by atoms with van der Waals surface area (Å²) in [6, 6.07) is 14.5. The van der Waals surface area contributed by atoms with E-state index in [0.29, 0.717) is 34.0 Å². The number of rotatable bonds is 7. The third kappa shape index (κ3) is 4.48. The van der Waals surface area contributed by atoms with Crippen LogP contribution in [0.2, 0.25) is 5.02 Å². The third-order valence-electron chi connectivity index (χ3n) is 4.20. The summed E-state index contributed by atoms with van der Waals surface area (Å²) in [4.78, 5) is 12.7. The first-order chi connectivity index (χ1) is 13.1. The number of nitrogens with zero attached hydrogens (tertiary/aromatic N) is 1. The van der Waals surface area contributed by atoms with E-state index in [1.165, 1.54) is 13.3 Å². The molecular weight excluding hydrogens is 366 g/mol. The maximum atomic E-state index is 12.7. The van der Waals surface area contributed by atoms with E-state index in [0.717, 1.165) is 5.56 Å². The van der Waals surface area contributed by atoms with Gasteiger partial charge in [0.05, 0.1) is 42.2 Å². The zero-order valence-electron chi connectivity index (χ0n) is 14.8. The fraction of sp³-hybridized carbons (Fsp3) is 0.200. The molecule has 0 radical (unpaired) electrons. The Bertz CT molecular complexity index is 912. The highest BCUT2D eigenvalue weighted by Gasteiger charge is 2.19. The van der Waals surface area contributed by atoms with Gasteiger partial charge < -0.3 is 15.2 Å². The van der Waals surface area contributed by atoms with Crippen LogP contribution in [0.15, 0.2) is 54.7 Å². The van der Waals surface area contributed by atoms with Crippen molar-refractivity contribution < 1.29 is 14.6 Å². The van der Waals surface area contributed by atoms with Crippen molar-refractivity contribution in [3.8, 4) is 17.0 Å². The quantitative estimate of drug-likeness (QED) is 0.583. The molecule has 3 aromatic rings. The van der Waals surface area contributed by atoms with Gasteiger partial charge in [-0.05, 0) is 30.2 Å². The van der Waals surface area contributed by atoms with Crippen molar-refractivity contribution in [2.75, 3.05) is 13.7 Å². The lowest BCUT2D eigenvalue weighted by Gasteiger charge is -2.16. The standard InChI is InChI=1S/C20H20ClN3O3/c1-27-18-8-7-14(10-17(18)21)19-16(11-22-24-19)20(26)23-15(12-25)9-13-5-3-2-4-6-13/h2-8,10-11,15,25H,9,12H2,1H3,(H,22,24)(H,23,26). The largest absolute Gasteiger partial charge is 0.495 e. The van der Waals surface area contributed by atoms with Crippen molar-refractivity contribution in [2.45, 2.75) is 12.5 Å². The number of aliphatic hydroxyl groups is 1. The summed E-state index contributed by atoms with van der Waals surface area (Å²) in [6.45, 7) is -0.165. The van der Waals surface area contributed by atoms with Gasteiger partial charge >= 0.3 is 0 Å². The molecule has 0 spiro atoms. The summed E-state index contributed by atoms with van der Waals surface area (Å²) in [5.74, 6) is 0.231. The fourth-order valence-corrected chi connectivity index (χ4v) is 3.08. The van der Waals surface area contributed by atoms with Crippen LogP contribution in [0.3, 0.4) is 0 Å². The van der Waals surface area contributed by atoms with E-state index in [4.69, 9.17) is 16.3 Å². The first-order valence-electron chi connectivity index (χ1n) is 8.45. The molecule has 0 aliphatic rings. The minimum atomic E-state index is -0.401. The van der Waals surface area contributed by atoms with E-state index < -0.39 is 6.04 Å². The number of carbonyl (C=O) groups is 1. The van der Waals surface area contributed by atoms with Crippen LogP contribution < -0.4 is 10.1 Å². The fourth-order valence-electron chi connectivity index (χ4n) is 2.82. The van der Waals surface area contributed by atoms with Gasteiger partial charge in [-0.1, -0.05) is 41.9 Å². The van der Waals surface area contributed by atoms with Crippen LogP contribution in [0.1, 0.15) is 15.9 Å². The average molecular weight is 386 g/mol. The summed E-state index contributed by atoms with van der Waals surface area (Å²) in [6.07, 6.45) is 1.99. The molecule has 1 heterocycles. The van der Waals surface area contributed by atoms with Crippen molar-refractivity contribution in [3.63, 3.8) is 0 Å². The van der Waals surface area contributed by atoms with E-state index >= 15 is 0 Å². The Morgan fingerprint density at radius 2 is 2.07 bits per heavy atom. The monoisotopic (exact) mass is 385 g/mol. The van der Waals surface area contributed by atoms with Crippen molar-refractivity contribution in [2.24, 2.45) is 0 Å². The Balaban J connectivity index is 1.78. The van der Waals surface area contributed by atoms with Crippen LogP contribution in [0.25, 0.3) is 11.3 Å². The van der Waals surface area contributed by atoms with Gasteiger partial charge in [0, 0.05) is 5.56 Å². The van der Waals surface area contributed by atoms with Gasteiger partial charge in [-0.25, -0.2) is 0 Å². The van der Waals surface area contributed by atoms with Gasteiger partial charge in [0.2, 0.25) is 0 Å². The normalized spacial score (nSPS) is 11.8. The molecule has 0 aliphatic heterocycles. The van der Waals surface area contributed by atoms with Crippen LogP contribution in [0, 0.1) is 0 Å². The van der Waals surface area contributed by atoms with E-state index in [1.807, 2.05) is 30.3 Å². The number of ether oxygens (including phenoxy) is 1. The topological polar surface area (TPSA) is 87.2 Å². The van der Waals surface area contributed by atoms with Crippen LogP contribution in [0.4, 0.5) is 0 Å². The number of benzene rings is 2. The highest BCUT2D eigenvalue weighted by Crippen LogP contribution is 2.30. The molecule has 0 saturated carbocycles. The van der Waals surface area contributed by atoms with E-state index in [-0.39, 0.29) is 12.5 Å². The van der Waals surface area contributed by atoms with Crippen molar-refractivity contribution in [1.29, 1.82) is 0 Å². The molecule has 140 valence electrons. The molecule has 0 fully saturated rings. The molecule has 6 nitrogen and oxygen atoms in total. The molecule has 1 atom stereocenters. The minimum absolute atomic E-state index is 0.165. The molecule has 0 aliphatic carbocycles. The number of halogens is 1. The molecule has 0 saturated heterocycles. The molecular formula is C20H20ClN3O3. The predicted molar refractivity (Wildman–Crippen MR) is 104 cm³/mol. The van der Waals surface area contributed by atoms with Crippen molar-refractivity contribution >= 4 is 17.5 Å². The molecule has 2 aromatic carbocycles. The predicted octanol–water partition coefficient (Wildman–Crippen LogP) is 3.07. The Kier molecular flexibility index (Phi) is 6.11. The highest BCUT2D eigenvalue weighted by atomic mass is 35.5. The van der Waals surface area contributed by atoms with Gasteiger partial charge in [-0.2, -0.15) is 5.10 Å². The number of nitrogens with one attached hydrogen (secondary N) is 2. The number of methoxy groups -OCH3 is 1. The summed E-state index contributed by atoms with van der Waals surface area (Å²) in [5.41, 5.74) is 2.68. The second-order valence-corrected chi connectivity index (χ2v) is 6.46. The number of hydrogen-bond donors (Lipinski definition) is 3. The SMILES string of the molecule is COc1ccc(-c2[nH]ncc2C(=O)NC(CO)Cc2ccccc2)cc1Cl. The van der Waals surface area contributed by atoms with Gasteiger partial charge in [0.25, 0.3) is 5.91 Å². The summed E-state index contributed by atoms with van der Waals surface area (Å²) >= 11 is 6.18. The number of hydrogen-bond acceptors (Lipinski definition) is 4. The molecule has 0 bridgehead atoms. The zero-order chi connectivity index (χ0) is 19.2. The summed E-state index contributed by atoms with van der Waals surface area (Å²) < 4.78 is 5.15. The second-order valence-electron chi connectivity index (χ2n) is 6.05. The molecule has 1 amide bonds. The van der Waals surface area contributed by atoms with Crippen molar-refractivity contribution in [1.82, 2.24) is 15.5 Å². The zero-order valence-corrected chi connectivity index (χ0v) is 15.5. The van der Waals surface area contributed by atoms with E-state index in [9.17, 15) is 9.90 Å². The Labute approximate surface area is 162 Å². The number of amides is 1. The first-order valence-corrected chi connectivity index (χ1v) is 8.83. The molecule has 3 N–H and O–H groups in total. The average Bonchev–Trinajstić information content (AvgIpc) is 3.18. The highest BCUT2D eigenvalue weighted by molar-refractivity contribution is 6.32. The van der Waals surface area contributed by atoms with Crippen LogP contribution in [0.5, 0.6) is 5.75 Å². The number of aliphatic hydroxyl groups excluding tert-OH is 1. The lowest BCUT2D eigenvalue weighted by Crippen LogP contribution is -2.39. The number of H-pyrrole nitrogens is 1. The smallest absolute Gasteiger partial charge is 0.255 e. The first kappa shape index (κ1) is 18.9. The maximum Gasteiger partial charge on any atom is 0.255 e. The second kappa shape index (κ2) is 8.70.